The maximum absolute atomic E-state index is 11.1. The standard InChI is InChI=1S/C14H22N2OS/c1-3-16-7-5-4-6-13(16)9-14-15-12(10-18-14)8-11(2)17/h10,13H,3-9H2,1-2H3. The summed E-state index contributed by atoms with van der Waals surface area (Å²) in [6.07, 6.45) is 5.50. The number of hydrogen-bond acceptors (Lipinski definition) is 4. The van der Waals surface area contributed by atoms with Crippen molar-refractivity contribution in [2.24, 2.45) is 0 Å². The molecule has 2 rings (SSSR count). The monoisotopic (exact) mass is 266 g/mol. The van der Waals surface area contributed by atoms with Crippen LogP contribution in [0.4, 0.5) is 0 Å². The number of likely N-dealkylation sites (tertiary alicyclic amines) is 1. The van der Waals surface area contributed by atoms with E-state index in [9.17, 15) is 4.79 Å². The van der Waals surface area contributed by atoms with E-state index >= 15 is 0 Å². The first-order chi connectivity index (χ1) is 8.69. The number of nitrogens with zero attached hydrogens (tertiary/aromatic N) is 2. The Hall–Kier alpha value is -0.740. The van der Waals surface area contributed by atoms with Gasteiger partial charge in [-0.3, -0.25) is 4.79 Å². The summed E-state index contributed by atoms with van der Waals surface area (Å²) in [5, 5.41) is 3.23. The Balaban J connectivity index is 1.95. The molecule has 0 aromatic carbocycles. The minimum absolute atomic E-state index is 0.194. The maximum atomic E-state index is 11.1. The van der Waals surface area contributed by atoms with E-state index in [4.69, 9.17) is 0 Å². The number of Topliss-reactive ketones (excluding diaryl/α,β-unsaturated/α-hetero) is 1. The minimum atomic E-state index is 0.194. The van der Waals surface area contributed by atoms with E-state index in [2.05, 4.69) is 16.8 Å². The molecule has 3 nitrogen and oxygen atoms in total. The van der Waals surface area contributed by atoms with Gasteiger partial charge in [-0.25, -0.2) is 4.98 Å². The number of carbonyl (C=O) groups is 1. The molecular formula is C14H22N2OS. The molecule has 0 bridgehead atoms. The van der Waals surface area contributed by atoms with Crippen molar-refractivity contribution in [2.45, 2.75) is 52.0 Å². The highest BCUT2D eigenvalue weighted by Gasteiger charge is 2.22. The number of ketones is 1. The molecule has 18 heavy (non-hydrogen) atoms. The summed E-state index contributed by atoms with van der Waals surface area (Å²) < 4.78 is 0. The lowest BCUT2D eigenvalue weighted by molar-refractivity contribution is -0.116. The summed E-state index contributed by atoms with van der Waals surface area (Å²) in [5.74, 6) is 0.194. The van der Waals surface area contributed by atoms with Crippen LogP contribution in [-0.2, 0) is 17.6 Å². The third-order valence-electron chi connectivity index (χ3n) is 3.59. The van der Waals surface area contributed by atoms with Gasteiger partial charge in [-0.05, 0) is 32.9 Å². The Kier molecular flexibility index (Phi) is 4.89. The van der Waals surface area contributed by atoms with Gasteiger partial charge in [-0.2, -0.15) is 0 Å². The van der Waals surface area contributed by atoms with Crippen LogP contribution in [0.15, 0.2) is 5.38 Å². The van der Waals surface area contributed by atoms with Gasteiger partial charge in [0.2, 0.25) is 0 Å². The zero-order valence-corrected chi connectivity index (χ0v) is 12.1. The van der Waals surface area contributed by atoms with Crippen molar-refractivity contribution < 1.29 is 4.79 Å². The molecule has 1 saturated heterocycles. The van der Waals surface area contributed by atoms with Gasteiger partial charge in [0, 0.05) is 24.3 Å². The fraction of sp³-hybridized carbons (Fsp3) is 0.714. The second kappa shape index (κ2) is 6.43. The van der Waals surface area contributed by atoms with Crippen molar-refractivity contribution >= 4 is 17.1 Å². The Morgan fingerprint density at radius 3 is 3.11 bits per heavy atom. The van der Waals surface area contributed by atoms with Gasteiger partial charge >= 0.3 is 0 Å². The first-order valence-corrected chi connectivity index (χ1v) is 7.73. The van der Waals surface area contributed by atoms with Crippen LogP contribution >= 0.6 is 11.3 Å². The van der Waals surface area contributed by atoms with E-state index in [1.165, 1.54) is 30.8 Å². The van der Waals surface area contributed by atoms with Crippen molar-refractivity contribution in [2.75, 3.05) is 13.1 Å². The SMILES string of the molecule is CCN1CCCCC1Cc1nc(CC(C)=O)cs1. The predicted molar refractivity (Wildman–Crippen MR) is 75.1 cm³/mol. The first-order valence-electron chi connectivity index (χ1n) is 6.85. The highest BCUT2D eigenvalue weighted by Crippen LogP contribution is 2.22. The molecule has 0 spiro atoms. The van der Waals surface area contributed by atoms with Gasteiger partial charge in [0.05, 0.1) is 10.7 Å². The average Bonchev–Trinajstić information content (AvgIpc) is 2.76. The molecule has 1 aromatic rings. The molecule has 100 valence electrons. The first kappa shape index (κ1) is 13.7. The lowest BCUT2D eigenvalue weighted by atomic mass is 10.00. The van der Waals surface area contributed by atoms with Crippen molar-refractivity contribution in [3.63, 3.8) is 0 Å². The Bertz CT molecular complexity index is 402. The molecule has 0 aliphatic carbocycles. The predicted octanol–water partition coefficient (Wildman–Crippen LogP) is 2.69. The van der Waals surface area contributed by atoms with Gasteiger partial charge in [-0.1, -0.05) is 13.3 Å². The van der Waals surface area contributed by atoms with Crippen LogP contribution in [0.3, 0.4) is 0 Å². The van der Waals surface area contributed by atoms with Crippen LogP contribution < -0.4 is 0 Å². The summed E-state index contributed by atoms with van der Waals surface area (Å²) in [7, 11) is 0. The highest BCUT2D eigenvalue weighted by atomic mass is 32.1. The normalized spacial score (nSPS) is 21.1. The van der Waals surface area contributed by atoms with E-state index in [1.54, 1.807) is 18.3 Å². The number of likely N-dealkylation sites (N-methyl/N-ethyl adjacent to an activating group) is 1. The topological polar surface area (TPSA) is 33.2 Å². The Morgan fingerprint density at radius 1 is 1.56 bits per heavy atom. The second-order valence-corrected chi connectivity index (χ2v) is 6.04. The van der Waals surface area contributed by atoms with Crippen molar-refractivity contribution in [1.82, 2.24) is 9.88 Å². The number of piperidine rings is 1. The average molecular weight is 266 g/mol. The summed E-state index contributed by atoms with van der Waals surface area (Å²) in [6.45, 7) is 6.23. The lowest BCUT2D eigenvalue weighted by Gasteiger charge is -2.34. The van der Waals surface area contributed by atoms with Crippen molar-refractivity contribution in [3.05, 3.63) is 16.1 Å². The second-order valence-electron chi connectivity index (χ2n) is 5.09. The van der Waals surface area contributed by atoms with E-state index in [0.717, 1.165) is 18.7 Å². The third kappa shape index (κ3) is 3.62. The number of hydrogen-bond donors (Lipinski definition) is 0. The highest BCUT2D eigenvalue weighted by molar-refractivity contribution is 7.09. The molecule has 1 unspecified atom stereocenters. The number of rotatable bonds is 5. The van der Waals surface area contributed by atoms with Crippen LogP contribution in [-0.4, -0.2) is 34.8 Å². The van der Waals surface area contributed by atoms with E-state index in [0.29, 0.717) is 12.5 Å². The van der Waals surface area contributed by atoms with Gasteiger partial charge < -0.3 is 4.90 Å². The molecule has 4 heteroatoms. The van der Waals surface area contributed by atoms with E-state index < -0.39 is 0 Å². The van der Waals surface area contributed by atoms with E-state index in [1.807, 2.05) is 5.38 Å². The van der Waals surface area contributed by atoms with Crippen LogP contribution in [0, 0.1) is 0 Å². The molecule has 0 amide bonds. The summed E-state index contributed by atoms with van der Waals surface area (Å²) in [5.41, 5.74) is 0.946. The molecular weight excluding hydrogens is 244 g/mol. The minimum Gasteiger partial charge on any atom is -0.300 e. The van der Waals surface area contributed by atoms with Crippen LogP contribution in [0.2, 0.25) is 0 Å². The van der Waals surface area contributed by atoms with Gasteiger partial charge in [0.1, 0.15) is 5.78 Å². The molecule has 1 aliphatic heterocycles. The quantitative estimate of drug-likeness (QED) is 0.821. The fourth-order valence-electron chi connectivity index (χ4n) is 2.69. The number of carbonyl (C=O) groups excluding carboxylic acids is 1. The maximum Gasteiger partial charge on any atom is 0.135 e. The van der Waals surface area contributed by atoms with Crippen LogP contribution in [0.1, 0.15) is 43.8 Å². The zero-order chi connectivity index (χ0) is 13.0. The van der Waals surface area contributed by atoms with Gasteiger partial charge in [0.15, 0.2) is 0 Å². The summed E-state index contributed by atoms with van der Waals surface area (Å²) in [6, 6.07) is 0.653. The molecule has 0 radical (unpaired) electrons. The Morgan fingerprint density at radius 2 is 2.39 bits per heavy atom. The van der Waals surface area contributed by atoms with Crippen molar-refractivity contribution in [3.8, 4) is 0 Å². The fourth-order valence-corrected chi connectivity index (χ4v) is 3.55. The molecule has 1 fully saturated rings. The smallest absolute Gasteiger partial charge is 0.135 e. The zero-order valence-electron chi connectivity index (χ0n) is 11.3. The largest absolute Gasteiger partial charge is 0.300 e. The molecule has 1 aliphatic rings. The molecule has 1 atom stereocenters. The van der Waals surface area contributed by atoms with Gasteiger partial charge in [-0.15, -0.1) is 11.3 Å². The number of thiazole rings is 1. The lowest BCUT2D eigenvalue weighted by Crippen LogP contribution is -2.40. The molecule has 2 heterocycles. The van der Waals surface area contributed by atoms with Crippen LogP contribution in [0.25, 0.3) is 0 Å². The molecule has 1 aromatic heterocycles. The summed E-state index contributed by atoms with van der Waals surface area (Å²) in [4.78, 5) is 18.2. The number of aromatic nitrogens is 1. The third-order valence-corrected chi connectivity index (χ3v) is 4.51. The Labute approximate surface area is 113 Å². The molecule has 0 saturated carbocycles. The van der Waals surface area contributed by atoms with Gasteiger partial charge in [0.25, 0.3) is 0 Å². The summed E-state index contributed by atoms with van der Waals surface area (Å²) >= 11 is 1.71. The van der Waals surface area contributed by atoms with Crippen LogP contribution in [0.5, 0.6) is 0 Å². The molecule has 0 N–H and O–H groups in total. The van der Waals surface area contributed by atoms with E-state index in [-0.39, 0.29) is 5.78 Å². The van der Waals surface area contributed by atoms with Crippen molar-refractivity contribution in [1.29, 1.82) is 0 Å².